The van der Waals surface area contributed by atoms with Gasteiger partial charge >= 0.3 is 6.16 Å². The molecule has 0 aromatic heterocycles. The highest BCUT2D eigenvalue weighted by Gasteiger charge is 2.33. The molecule has 0 aromatic carbocycles. The molecule has 0 unspecified atom stereocenters. The van der Waals surface area contributed by atoms with Crippen molar-refractivity contribution in [1.82, 2.24) is 5.06 Å². The summed E-state index contributed by atoms with van der Waals surface area (Å²) < 4.78 is 4.89. The molecule has 1 heterocycles. The molecular formula is C20H35NO5. The van der Waals surface area contributed by atoms with Crippen LogP contribution in [0.1, 0.15) is 97.8 Å². The first-order chi connectivity index (χ1) is 12.3. The number of nitrogens with zero attached hydrogens (tertiary/aromatic N) is 1. The van der Waals surface area contributed by atoms with E-state index in [4.69, 9.17) is 4.74 Å². The van der Waals surface area contributed by atoms with Gasteiger partial charge < -0.3 is 4.74 Å². The lowest BCUT2D eigenvalue weighted by Gasteiger charge is -2.17. The van der Waals surface area contributed by atoms with E-state index in [0.29, 0.717) is 10.5 Å². The van der Waals surface area contributed by atoms with E-state index in [1.54, 1.807) is 0 Å². The predicted octanol–water partition coefficient (Wildman–Crippen LogP) is 5.15. The average Bonchev–Trinajstić information content (AvgIpc) is 2.86. The van der Waals surface area contributed by atoms with Gasteiger partial charge in [0, 0.05) is 12.8 Å². The van der Waals surface area contributed by atoms with Gasteiger partial charge in [0.05, 0.1) is 6.61 Å². The maximum atomic E-state index is 11.4. The van der Waals surface area contributed by atoms with Crippen LogP contribution >= 0.6 is 0 Å². The van der Waals surface area contributed by atoms with E-state index in [2.05, 4.69) is 25.6 Å². The molecule has 1 saturated heterocycles. The van der Waals surface area contributed by atoms with Gasteiger partial charge in [0.2, 0.25) is 0 Å². The highest BCUT2D eigenvalue weighted by molar-refractivity contribution is 6.01. The number of imide groups is 1. The summed E-state index contributed by atoms with van der Waals surface area (Å²) in [5, 5.41) is 0.504. The maximum Gasteiger partial charge on any atom is 0.533 e. The van der Waals surface area contributed by atoms with Crippen LogP contribution in [0.5, 0.6) is 0 Å². The summed E-state index contributed by atoms with van der Waals surface area (Å²) in [4.78, 5) is 38.6. The summed E-state index contributed by atoms with van der Waals surface area (Å²) in [5.74, 6) is -0.990. The van der Waals surface area contributed by atoms with E-state index in [1.165, 1.54) is 44.9 Å². The molecular weight excluding hydrogens is 334 g/mol. The first-order valence-electron chi connectivity index (χ1n) is 10.00. The lowest BCUT2D eigenvalue weighted by Crippen LogP contribution is -2.32. The molecule has 0 spiro atoms. The van der Waals surface area contributed by atoms with Gasteiger partial charge in [-0.25, -0.2) is 4.79 Å². The zero-order valence-corrected chi connectivity index (χ0v) is 16.7. The fraction of sp³-hybridized carbons (Fsp3) is 0.850. The zero-order valence-electron chi connectivity index (χ0n) is 16.7. The third-order valence-corrected chi connectivity index (χ3v) is 4.46. The highest BCUT2D eigenvalue weighted by Crippen LogP contribution is 2.22. The predicted molar refractivity (Wildman–Crippen MR) is 99.1 cm³/mol. The van der Waals surface area contributed by atoms with E-state index in [0.717, 1.165) is 19.3 Å². The fourth-order valence-electron chi connectivity index (χ4n) is 2.91. The van der Waals surface area contributed by atoms with Gasteiger partial charge in [-0.05, 0) is 18.3 Å². The molecule has 1 aliphatic heterocycles. The summed E-state index contributed by atoms with van der Waals surface area (Å²) in [7, 11) is 0. The molecule has 6 nitrogen and oxygen atoms in total. The molecule has 0 N–H and O–H groups in total. The Balaban J connectivity index is 1.87. The molecule has 6 heteroatoms. The Morgan fingerprint density at radius 2 is 1.31 bits per heavy atom. The second kappa shape index (κ2) is 11.9. The van der Waals surface area contributed by atoms with Gasteiger partial charge in [-0.1, -0.05) is 77.2 Å². The number of amides is 2. The average molecular weight is 370 g/mol. The minimum absolute atomic E-state index is 0.0860. The molecule has 0 atom stereocenters. The summed E-state index contributed by atoms with van der Waals surface area (Å²) >= 11 is 0. The molecule has 1 rings (SSSR count). The standard InChI is InChI=1S/C20H35NO5/c1-20(2,3)15-11-9-7-5-4-6-8-10-12-16-25-19(24)26-21-17(22)13-14-18(21)23/h4-16H2,1-3H3. The molecule has 0 saturated carbocycles. The number of hydrogen-bond donors (Lipinski definition) is 0. The number of ether oxygens (including phenoxy) is 1. The number of hydroxylamine groups is 2. The van der Waals surface area contributed by atoms with Crippen LogP contribution < -0.4 is 0 Å². The maximum absolute atomic E-state index is 11.4. The molecule has 26 heavy (non-hydrogen) atoms. The number of unbranched alkanes of at least 4 members (excludes halogenated alkanes) is 8. The Morgan fingerprint density at radius 3 is 1.81 bits per heavy atom. The number of hydrogen-bond acceptors (Lipinski definition) is 5. The Bertz CT molecular complexity index is 440. The third-order valence-electron chi connectivity index (χ3n) is 4.46. The summed E-state index contributed by atoms with van der Waals surface area (Å²) in [6, 6.07) is 0. The van der Waals surface area contributed by atoms with Crippen LogP contribution in [0, 0.1) is 5.41 Å². The Morgan fingerprint density at radius 1 is 0.846 bits per heavy atom. The number of carbonyl (C=O) groups is 3. The first kappa shape index (κ1) is 22.5. The molecule has 2 amide bonds. The van der Waals surface area contributed by atoms with Crippen LogP contribution in [0.25, 0.3) is 0 Å². The van der Waals surface area contributed by atoms with Crippen LogP contribution in [0.2, 0.25) is 0 Å². The van der Waals surface area contributed by atoms with Crippen molar-refractivity contribution in [3.8, 4) is 0 Å². The van der Waals surface area contributed by atoms with Crippen LogP contribution in [0.15, 0.2) is 0 Å². The third kappa shape index (κ3) is 10.4. The van der Waals surface area contributed by atoms with Crippen molar-refractivity contribution in [2.45, 2.75) is 97.8 Å². The SMILES string of the molecule is CC(C)(C)CCCCCCCCCCCOC(=O)ON1C(=O)CCC1=O. The van der Waals surface area contributed by atoms with Crippen molar-refractivity contribution >= 4 is 18.0 Å². The molecule has 0 bridgehead atoms. The fourth-order valence-corrected chi connectivity index (χ4v) is 2.91. The summed E-state index contributed by atoms with van der Waals surface area (Å²) in [6.45, 7) is 7.13. The van der Waals surface area contributed by atoms with E-state index < -0.39 is 18.0 Å². The molecule has 0 aromatic rings. The lowest BCUT2D eigenvalue weighted by atomic mass is 9.89. The minimum atomic E-state index is -0.983. The Hall–Kier alpha value is -1.59. The van der Waals surface area contributed by atoms with Gasteiger partial charge in [0.1, 0.15) is 0 Å². The minimum Gasteiger partial charge on any atom is -0.433 e. The van der Waals surface area contributed by atoms with E-state index >= 15 is 0 Å². The van der Waals surface area contributed by atoms with Crippen LogP contribution in [0.3, 0.4) is 0 Å². The van der Waals surface area contributed by atoms with Crippen LogP contribution in [-0.4, -0.2) is 29.6 Å². The monoisotopic (exact) mass is 369 g/mol. The van der Waals surface area contributed by atoms with Crippen molar-refractivity contribution in [3.63, 3.8) is 0 Å². The smallest absolute Gasteiger partial charge is 0.433 e. The second-order valence-corrected chi connectivity index (χ2v) is 8.26. The van der Waals surface area contributed by atoms with E-state index in [9.17, 15) is 14.4 Å². The molecule has 0 aliphatic carbocycles. The highest BCUT2D eigenvalue weighted by atomic mass is 16.8. The number of rotatable bonds is 12. The van der Waals surface area contributed by atoms with Crippen molar-refractivity contribution in [2.75, 3.05) is 6.61 Å². The van der Waals surface area contributed by atoms with Crippen LogP contribution in [0.4, 0.5) is 4.79 Å². The molecule has 0 radical (unpaired) electrons. The first-order valence-corrected chi connectivity index (χ1v) is 10.00. The van der Waals surface area contributed by atoms with Crippen molar-refractivity contribution < 1.29 is 24.0 Å². The van der Waals surface area contributed by atoms with Crippen molar-refractivity contribution in [3.05, 3.63) is 0 Å². The van der Waals surface area contributed by atoms with Gasteiger partial charge in [-0.3, -0.25) is 14.4 Å². The molecule has 150 valence electrons. The Kier molecular flexibility index (Phi) is 10.3. The van der Waals surface area contributed by atoms with Gasteiger partial charge in [0.15, 0.2) is 0 Å². The molecule has 1 aliphatic rings. The zero-order chi connectivity index (χ0) is 19.4. The largest absolute Gasteiger partial charge is 0.533 e. The van der Waals surface area contributed by atoms with Crippen LogP contribution in [-0.2, 0) is 19.2 Å². The van der Waals surface area contributed by atoms with Crippen molar-refractivity contribution in [2.24, 2.45) is 5.41 Å². The normalized spacial score (nSPS) is 14.8. The van der Waals surface area contributed by atoms with E-state index in [-0.39, 0.29) is 19.4 Å². The van der Waals surface area contributed by atoms with Gasteiger partial charge in [0.25, 0.3) is 11.8 Å². The van der Waals surface area contributed by atoms with Gasteiger partial charge in [-0.2, -0.15) is 0 Å². The van der Waals surface area contributed by atoms with Gasteiger partial charge in [-0.15, -0.1) is 0 Å². The summed E-state index contributed by atoms with van der Waals surface area (Å²) in [6.07, 6.45) is 11.1. The number of carbonyl (C=O) groups excluding carboxylic acids is 3. The molecule has 1 fully saturated rings. The summed E-state index contributed by atoms with van der Waals surface area (Å²) in [5.41, 5.74) is 0.452. The Labute approximate surface area is 157 Å². The van der Waals surface area contributed by atoms with Crippen molar-refractivity contribution in [1.29, 1.82) is 0 Å². The lowest BCUT2D eigenvalue weighted by molar-refractivity contribution is -0.177. The topological polar surface area (TPSA) is 72.9 Å². The quantitative estimate of drug-likeness (QED) is 0.270. The van der Waals surface area contributed by atoms with E-state index in [1.807, 2.05) is 0 Å². The second-order valence-electron chi connectivity index (χ2n) is 8.26.